The van der Waals surface area contributed by atoms with E-state index in [9.17, 15) is 14.4 Å². The van der Waals surface area contributed by atoms with Crippen LogP contribution in [-0.2, 0) is 19.9 Å². The quantitative estimate of drug-likeness (QED) is 0.687. The maximum absolute atomic E-state index is 13.4. The Balaban J connectivity index is 1.63. The molecular formula is C20H16BrN3O3. The molecule has 2 aromatic rings. The van der Waals surface area contributed by atoms with Crippen molar-refractivity contribution in [1.29, 1.82) is 0 Å². The first-order chi connectivity index (χ1) is 12.9. The molecule has 0 unspecified atom stereocenters. The van der Waals surface area contributed by atoms with Crippen LogP contribution in [0.2, 0.25) is 0 Å². The molecule has 0 aromatic heterocycles. The van der Waals surface area contributed by atoms with Gasteiger partial charge in [0.1, 0.15) is 5.54 Å². The number of halogens is 1. The Bertz CT molecular complexity index is 1020. The number of hydrogen-bond acceptors (Lipinski definition) is 4. The summed E-state index contributed by atoms with van der Waals surface area (Å²) in [7, 11) is 0. The Morgan fingerprint density at radius 2 is 1.81 bits per heavy atom. The number of amides is 3. The van der Waals surface area contributed by atoms with Gasteiger partial charge in [0.2, 0.25) is 17.7 Å². The average molecular weight is 426 g/mol. The number of carbonyl (C=O) groups excluding carboxylic acids is 3. The number of hydrogen-bond donors (Lipinski definition) is 2. The van der Waals surface area contributed by atoms with Crippen molar-refractivity contribution in [1.82, 2.24) is 5.32 Å². The van der Waals surface area contributed by atoms with Crippen molar-refractivity contribution >= 4 is 45.0 Å². The largest absolute Gasteiger partial charge is 0.324 e. The second-order valence-electron chi connectivity index (χ2n) is 7.26. The molecule has 0 aliphatic carbocycles. The molecule has 1 spiro atoms. The van der Waals surface area contributed by atoms with E-state index in [0.717, 1.165) is 10.0 Å². The van der Waals surface area contributed by atoms with Gasteiger partial charge in [0.05, 0.1) is 17.5 Å². The number of benzene rings is 2. The third-order valence-corrected chi connectivity index (χ3v) is 6.29. The minimum absolute atomic E-state index is 0.255. The van der Waals surface area contributed by atoms with Crippen LogP contribution in [0.3, 0.4) is 0 Å². The molecule has 6 nitrogen and oxygen atoms in total. The Hall–Kier alpha value is -2.51. The van der Waals surface area contributed by atoms with E-state index < -0.39 is 17.4 Å². The molecule has 3 aliphatic heterocycles. The van der Waals surface area contributed by atoms with Gasteiger partial charge in [0.15, 0.2) is 0 Å². The zero-order valence-electron chi connectivity index (χ0n) is 14.5. The van der Waals surface area contributed by atoms with Crippen LogP contribution in [0.4, 0.5) is 11.4 Å². The van der Waals surface area contributed by atoms with Gasteiger partial charge in [-0.25, -0.2) is 4.90 Å². The second kappa shape index (κ2) is 5.50. The van der Waals surface area contributed by atoms with Gasteiger partial charge in [-0.1, -0.05) is 33.6 Å². The molecule has 3 amide bonds. The summed E-state index contributed by atoms with van der Waals surface area (Å²) in [6.07, 6.45) is 0. The van der Waals surface area contributed by atoms with Crippen molar-refractivity contribution in [3.8, 4) is 0 Å². The highest BCUT2D eigenvalue weighted by Gasteiger charge is 2.67. The predicted octanol–water partition coefficient (Wildman–Crippen LogP) is 2.31. The van der Waals surface area contributed by atoms with Gasteiger partial charge in [-0.2, -0.15) is 0 Å². The molecule has 2 aromatic carbocycles. The third kappa shape index (κ3) is 2.06. The minimum Gasteiger partial charge on any atom is -0.324 e. The summed E-state index contributed by atoms with van der Waals surface area (Å²) in [4.78, 5) is 40.6. The lowest BCUT2D eigenvalue weighted by Crippen LogP contribution is -2.51. The Morgan fingerprint density at radius 3 is 2.56 bits per heavy atom. The summed E-state index contributed by atoms with van der Waals surface area (Å²) in [6, 6.07) is 12.8. The van der Waals surface area contributed by atoms with Gasteiger partial charge in [0, 0.05) is 22.3 Å². The first kappa shape index (κ1) is 16.6. The second-order valence-corrected chi connectivity index (χ2v) is 8.18. The molecule has 2 saturated heterocycles. The molecule has 7 heteroatoms. The minimum atomic E-state index is -1.21. The summed E-state index contributed by atoms with van der Waals surface area (Å²) in [5.41, 5.74) is 1.76. The average Bonchev–Trinajstić information content (AvgIpc) is 3.25. The molecule has 2 N–H and O–H groups in total. The van der Waals surface area contributed by atoms with Crippen LogP contribution < -0.4 is 15.5 Å². The summed E-state index contributed by atoms with van der Waals surface area (Å²) in [5.74, 6) is -2.19. The van der Waals surface area contributed by atoms with E-state index in [2.05, 4.69) is 26.6 Å². The van der Waals surface area contributed by atoms with Gasteiger partial charge in [-0.3, -0.25) is 19.7 Å². The molecule has 0 bridgehead atoms. The van der Waals surface area contributed by atoms with Crippen LogP contribution >= 0.6 is 15.9 Å². The van der Waals surface area contributed by atoms with Crippen molar-refractivity contribution in [2.24, 2.45) is 11.8 Å². The highest BCUT2D eigenvalue weighted by Crippen LogP contribution is 2.51. The number of nitrogens with zero attached hydrogens (tertiary/aromatic N) is 1. The molecule has 2 fully saturated rings. The first-order valence-electron chi connectivity index (χ1n) is 8.74. The van der Waals surface area contributed by atoms with E-state index >= 15 is 0 Å². The normalized spacial score (nSPS) is 28.7. The van der Waals surface area contributed by atoms with Crippen molar-refractivity contribution in [2.45, 2.75) is 12.5 Å². The molecule has 3 aliphatic rings. The van der Waals surface area contributed by atoms with Crippen molar-refractivity contribution in [3.63, 3.8) is 0 Å². The van der Waals surface area contributed by atoms with Crippen LogP contribution in [0.25, 0.3) is 0 Å². The van der Waals surface area contributed by atoms with Crippen LogP contribution in [0.1, 0.15) is 11.1 Å². The molecule has 3 atom stereocenters. The van der Waals surface area contributed by atoms with Crippen LogP contribution in [0, 0.1) is 18.8 Å². The van der Waals surface area contributed by atoms with Gasteiger partial charge >= 0.3 is 0 Å². The highest BCUT2D eigenvalue weighted by atomic mass is 79.9. The fraction of sp³-hybridized carbons (Fsp3) is 0.250. The van der Waals surface area contributed by atoms with E-state index in [1.165, 1.54) is 4.90 Å². The lowest BCUT2D eigenvalue weighted by Gasteiger charge is -2.28. The van der Waals surface area contributed by atoms with Crippen molar-refractivity contribution in [3.05, 3.63) is 58.1 Å². The topological polar surface area (TPSA) is 78.5 Å². The fourth-order valence-electron chi connectivity index (χ4n) is 4.53. The number of imide groups is 1. The highest BCUT2D eigenvalue weighted by molar-refractivity contribution is 9.10. The molecule has 0 radical (unpaired) electrons. The van der Waals surface area contributed by atoms with Crippen LogP contribution in [-0.4, -0.2) is 24.3 Å². The van der Waals surface area contributed by atoms with Crippen molar-refractivity contribution < 1.29 is 14.4 Å². The summed E-state index contributed by atoms with van der Waals surface area (Å²) < 4.78 is 0.814. The zero-order valence-corrected chi connectivity index (χ0v) is 16.0. The number of fused-ring (bicyclic) bond motifs is 4. The Morgan fingerprint density at radius 1 is 1.07 bits per heavy atom. The summed E-state index contributed by atoms with van der Waals surface area (Å²) in [6.45, 7) is 2.24. The van der Waals surface area contributed by atoms with Crippen molar-refractivity contribution in [2.75, 3.05) is 16.8 Å². The van der Waals surface area contributed by atoms with Gasteiger partial charge in [-0.05, 0) is 37.3 Å². The SMILES string of the molecule is Cc1ccc(N2C(=O)[C@@H]3CN[C@@]4(C(=O)Nc5ccc(Br)cc54)[C@H]3C2=O)cc1. The number of nitrogens with one attached hydrogen (secondary N) is 2. The number of aryl methyl sites for hydroxylation is 1. The summed E-state index contributed by atoms with van der Waals surface area (Å²) in [5, 5.41) is 6.07. The Labute approximate surface area is 164 Å². The maximum Gasteiger partial charge on any atom is 0.250 e. The zero-order chi connectivity index (χ0) is 18.9. The lowest BCUT2D eigenvalue weighted by atomic mass is 9.77. The molecule has 3 heterocycles. The predicted molar refractivity (Wildman–Crippen MR) is 103 cm³/mol. The van der Waals surface area contributed by atoms with E-state index in [1.54, 1.807) is 18.2 Å². The lowest BCUT2D eigenvalue weighted by molar-refractivity contribution is -0.130. The van der Waals surface area contributed by atoms with E-state index in [-0.39, 0.29) is 24.3 Å². The van der Waals surface area contributed by atoms with Gasteiger partial charge in [-0.15, -0.1) is 0 Å². The monoisotopic (exact) mass is 425 g/mol. The summed E-state index contributed by atoms with van der Waals surface area (Å²) >= 11 is 3.44. The van der Waals surface area contributed by atoms with Gasteiger partial charge < -0.3 is 5.32 Å². The smallest absolute Gasteiger partial charge is 0.250 e. The first-order valence-corrected chi connectivity index (χ1v) is 9.54. The number of carbonyl (C=O) groups is 3. The number of anilines is 2. The maximum atomic E-state index is 13.4. The Kier molecular flexibility index (Phi) is 3.39. The van der Waals surface area contributed by atoms with Crippen LogP contribution in [0.15, 0.2) is 46.9 Å². The standard InChI is InChI=1S/C20H16BrN3O3/c1-10-2-5-12(6-3-10)24-17(25)13-9-22-20(16(13)18(24)26)14-8-11(21)4-7-15(14)23-19(20)27/h2-8,13,16,22H,9H2,1H3,(H,23,27)/t13-,16-,20-/m1/s1. The molecule has 136 valence electrons. The molecule has 27 heavy (non-hydrogen) atoms. The molecular weight excluding hydrogens is 410 g/mol. The number of rotatable bonds is 1. The molecule has 0 saturated carbocycles. The third-order valence-electron chi connectivity index (χ3n) is 5.80. The van der Waals surface area contributed by atoms with Gasteiger partial charge in [0.25, 0.3) is 0 Å². The van der Waals surface area contributed by atoms with E-state index in [0.29, 0.717) is 16.9 Å². The molecule has 5 rings (SSSR count). The van der Waals surface area contributed by atoms with Crippen LogP contribution in [0.5, 0.6) is 0 Å². The van der Waals surface area contributed by atoms with E-state index in [1.807, 2.05) is 31.2 Å². The fourth-order valence-corrected chi connectivity index (χ4v) is 4.89. The van der Waals surface area contributed by atoms with E-state index in [4.69, 9.17) is 0 Å².